The summed E-state index contributed by atoms with van der Waals surface area (Å²) < 4.78 is 24.4. The van der Waals surface area contributed by atoms with Gasteiger partial charge in [-0.15, -0.1) is 0 Å². The average Bonchev–Trinajstić information content (AvgIpc) is 2.47. The fraction of sp³-hybridized carbons (Fsp3) is 0.625. The third-order valence-electron chi connectivity index (χ3n) is 2.79. The van der Waals surface area contributed by atoms with Gasteiger partial charge in [0.15, 0.2) is 0 Å². The van der Waals surface area contributed by atoms with Crippen LogP contribution in [0.1, 0.15) is 24.2 Å². The Morgan fingerprint density at radius 3 is 2.87 bits per heavy atom. The van der Waals surface area contributed by atoms with E-state index < -0.39 is 10.0 Å². The highest BCUT2D eigenvalue weighted by Gasteiger charge is 2.32. The molecule has 6 nitrogen and oxygen atoms in total. The number of sulfonamides is 1. The Kier molecular flexibility index (Phi) is 2.23. The predicted molar refractivity (Wildman–Crippen MR) is 56.7 cm³/mol. The second-order valence-corrected chi connectivity index (χ2v) is 5.74. The molecule has 15 heavy (non-hydrogen) atoms. The van der Waals surface area contributed by atoms with Gasteiger partial charge in [0.25, 0.3) is 0 Å². The lowest BCUT2D eigenvalue weighted by atomic mass is 10.0. The van der Waals surface area contributed by atoms with Crippen molar-refractivity contribution in [3.8, 4) is 0 Å². The first-order valence-corrected chi connectivity index (χ1v) is 6.55. The predicted octanol–water partition coefficient (Wildman–Crippen LogP) is -0.129. The van der Waals surface area contributed by atoms with Crippen LogP contribution in [-0.2, 0) is 16.4 Å². The third kappa shape index (κ3) is 1.61. The number of aromatic amines is 1. The molecule has 0 bridgehead atoms. The zero-order valence-electron chi connectivity index (χ0n) is 8.69. The first-order valence-electron chi connectivity index (χ1n) is 4.70. The largest absolute Gasteiger partial charge is 0.382 e. The zero-order valence-corrected chi connectivity index (χ0v) is 9.50. The molecular formula is C8H14N4O2S. The fourth-order valence-electron chi connectivity index (χ4n) is 2.01. The first-order chi connectivity index (χ1) is 6.91. The minimum atomic E-state index is -3.16. The molecule has 1 aromatic rings. The summed E-state index contributed by atoms with van der Waals surface area (Å²) in [4.78, 5) is 0. The summed E-state index contributed by atoms with van der Waals surface area (Å²) in [5.41, 5.74) is 7.42. The molecule has 84 valence electrons. The van der Waals surface area contributed by atoms with Crippen molar-refractivity contribution < 1.29 is 8.42 Å². The quantitative estimate of drug-likeness (QED) is 0.703. The molecule has 0 aromatic carbocycles. The number of aromatic nitrogens is 2. The highest BCUT2D eigenvalue weighted by Crippen LogP contribution is 2.31. The summed E-state index contributed by atoms with van der Waals surface area (Å²) in [5, 5.41) is 6.69. The van der Waals surface area contributed by atoms with Crippen LogP contribution in [-0.4, -0.2) is 35.7 Å². The van der Waals surface area contributed by atoms with Gasteiger partial charge in [0.1, 0.15) is 5.82 Å². The van der Waals surface area contributed by atoms with E-state index in [-0.39, 0.29) is 6.04 Å². The molecule has 3 N–H and O–H groups in total. The molecular weight excluding hydrogens is 216 g/mol. The van der Waals surface area contributed by atoms with Crippen LogP contribution in [0.4, 0.5) is 5.82 Å². The standard InChI is InChI=1S/C8H14N4O2S/c1-5-7-6(8(9)11-10-7)3-4-12(5)15(2,13)14/h5H,3-4H2,1-2H3,(H3,9,10,11). The van der Waals surface area contributed by atoms with Gasteiger partial charge in [-0.1, -0.05) is 0 Å². The van der Waals surface area contributed by atoms with Gasteiger partial charge in [0, 0.05) is 12.1 Å². The van der Waals surface area contributed by atoms with Crippen LogP contribution in [0.25, 0.3) is 0 Å². The lowest BCUT2D eigenvalue weighted by Gasteiger charge is -2.30. The van der Waals surface area contributed by atoms with Crippen molar-refractivity contribution in [1.29, 1.82) is 0 Å². The molecule has 1 unspecified atom stereocenters. The van der Waals surface area contributed by atoms with Crippen molar-refractivity contribution in [2.24, 2.45) is 0 Å². The van der Waals surface area contributed by atoms with Gasteiger partial charge in [-0.25, -0.2) is 8.42 Å². The number of H-pyrrole nitrogens is 1. The highest BCUT2D eigenvalue weighted by atomic mass is 32.2. The van der Waals surface area contributed by atoms with E-state index in [1.807, 2.05) is 6.92 Å². The van der Waals surface area contributed by atoms with Crippen LogP contribution in [0.3, 0.4) is 0 Å². The molecule has 0 radical (unpaired) electrons. The van der Waals surface area contributed by atoms with Gasteiger partial charge in [0.2, 0.25) is 10.0 Å². The highest BCUT2D eigenvalue weighted by molar-refractivity contribution is 7.88. The Morgan fingerprint density at radius 2 is 2.27 bits per heavy atom. The van der Waals surface area contributed by atoms with Gasteiger partial charge in [-0.05, 0) is 13.3 Å². The van der Waals surface area contributed by atoms with Crippen LogP contribution in [0, 0.1) is 0 Å². The van der Waals surface area contributed by atoms with Gasteiger partial charge in [-0.2, -0.15) is 9.40 Å². The SMILES string of the molecule is CC1c2[nH]nc(N)c2CCN1S(C)(=O)=O. The summed E-state index contributed by atoms with van der Waals surface area (Å²) in [5.74, 6) is 0.477. The summed E-state index contributed by atoms with van der Waals surface area (Å²) in [6.45, 7) is 2.30. The van der Waals surface area contributed by atoms with E-state index in [4.69, 9.17) is 5.73 Å². The molecule has 0 saturated heterocycles. The van der Waals surface area contributed by atoms with Crippen LogP contribution in [0.5, 0.6) is 0 Å². The van der Waals surface area contributed by atoms with E-state index in [1.54, 1.807) is 0 Å². The second-order valence-electron chi connectivity index (χ2n) is 3.80. The first kappa shape index (κ1) is 10.4. The smallest absolute Gasteiger partial charge is 0.211 e. The molecule has 2 rings (SSSR count). The molecule has 1 aliphatic rings. The lowest BCUT2D eigenvalue weighted by Crippen LogP contribution is -2.38. The van der Waals surface area contributed by atoms with Crippen molar-refractivity contribution in [3.63, 3.8) is 0 Å². The third-order valence-corrected chi connectivity index (χ3v) is 4.14. The monoisotopic (exact) mass is 230 g/mol. The number of fused-ring (bicyclic) bond motifs is 1. The number of hydrogen-bond donors (Lipinski definition) is 2. The normalized spacial score (nSPS) is 22.7. The van der Waals surface area contributed by atoms with E-state index in [1.165, 1.54) is 10.6 Å². The fourth-order valence-corrected chi connectivity index (χ4v) is 3.12. The number of nitrogens with two attached hydrogens (primary N) is 1. The summed E-state index contributed by atoms with van der Waals surface area (Å²) in [6, 6.07) is -0.214. The molecule has 1 aromatic heterocycles. The van der Waals surface area contributed by atoms with Gasteiger partial charge in [0.05, 0.1) is 18.0 Å². The van der Waals surface area contributed by atoms with Crippen molar-refractivity contribution >= 4 is 15.8 Å². The topological polar surface area (TPSA) is 92.1 Å². The molecule has 1 aliphatic heterocycles. The Bertz CT molecular complexity index is 479. The van der Waals surface area contributed by atoms with Crippen LogP contribution < -0.4 is 5.73 Å². The molecule has 7 heteroatoms. The van der Waals surface area contributed by atoms with Crippen LogP contribution in [0.2, 0.25) is 0 Å². The lowest BCUT2D eigenvalue weighted by molar-refractivity contribution is 0.324. The van der Waals surface area contributed by atoms with Crippen molar-refractivity contribution in [2.45, 2.75) is 19.4 Å². The zero-order chi connectivity index (χ0) is 11.2. The maximum atomic E-state index is 11.5. The Labute approximate surface area is 88.5 Å². The van der Waals surface area contributed by atoms with E-state index in [0.29, 0.717) is 18.8 Å². The Morgan fingerprint density at radius 1 is 1.60 bits per heavy atom. The molecule has 2 heterocycles. The maximum absolute atomic E-state index is 11.5. The van der Waals surface area contributed by atoms with Gasteiger partial charge >= 0.3 is 0 Å². The van der Waals surface area contributed by atoms with Gasteiger partial charge < -0.3 is 5.73 Å². The van der Waals surface area contributed by atoms with E-state index in [0.717, 1.165) is 11.3 Å². The Balaban J connectivity index is 2.43. The molecule has 0 fully saturated rings. The number of hydrogen-bond acceptors (Lipinski definition) is 4. The average molecular weight is 230 g/mol. The summed E-state index contributed by atoms with van der Waals surface area (Å²) in [7, 11) is -3.16. The maximum Gasteiger partial charge on any atom is 0.211 e. The number of anilines is 1. The van der Waals surface area contributed by atoms with E-state index >= 15 is 0 Å². The van der Waals surface area contributed by atoms with Crippen molar-refractivity contribution in [1.82, 2.24) is 14.5 Å². The van der Waals surface area contributed by atoms with Gasteiger partial charge in [-0.3, -0.25) is 5.10 Å². The molecule has 1 atom stereocenters. The number of nitrogen functional groups attached to an aromatic ring is 1. The van der Waals surface area contributed by atoms with Crippen LogP contribution in [0.15, 0.2) is 0 Å². The van der Waals surface area contributed by atoms with Crippen molar-refractivity contribution in [2.75, 3.05) is 18.5 Å². The Hall–Kier alpha value is -1.08. The molecule has 0 aliphatic carbocycles. The summed E-state index contributed by atoms with van der Waals surface area (Å²) in [6.07, 6.45) is 1.84. The molecule has 0 spiro atoms. The number of nitrogens with zero attached hydrogens (tertiary/aromatic N) is 2. The molecule has 0 saturated carbocycles. The van der Waals surface area contributed by atoms with Crippen LogP contribution >= 0.6 is 0 Å². The summed E-state index contributed by atoms with van der Waals surface area (Å²) >= 11 is 0. The molecule has 0 amide bonds. The number of nitrogens with one attached hydrogen (secondary N) is 1. The minimum Gasteiger partial charge on any atom is -0.382 e. The van der Waals surface area contributed by atoms with Crippen molar-refractivity contribution in [3.05, 3.63) is 11.3 Å². The van der Waals surface area contributed by atoms with E-state index in [2.05, 4.69) is 10.2 Å². The number of rotatable bonds is 1. The van der Waals surface area contributed by atoms with E-state index in [9.17, 15) is 8.42 Å². The second kappa shape index (κ2) is 3.21. The minimum absolute atomic E-state index is 0.214.